The van der Waals surface area contributed by atoms with Gasteiger partial charge in [-0.25, -0.2) is 0 Å². The van der Waals surface area contributed by atoms with Gasteiger partial charge in [0.2, 0.25) is 5.91 Å². The predicted molar refractivity (Wildman–Crippen MR) is 71.9 cm³/mol. The lowest BCUT2D eigenvalue weighted by molar-refractivity contribution is -0.151. The molecular weight excluding hydrogens is 250 g/mol. The Kier molecular flexibility index (Phi) is 3.09. The lowest BCUT2D eigenvalue weighted by Crippen LogP contribution is -2.37. The van der Waals surface area contributed by atoms with E-state index < -0.39 is 17.3 Å². The van der Waals surface area contributed by atoms with Gasteiger partial charge in [-0.15, -0.1) is 11.3 Å². The summed E-state index contributed by atoms with van der Waals surface area (Å²) in [6.07, 6.45) is 0. The number of amides is 1. The highest BCUT2D eigenvalue weighted by Crippen LogP contribution is 2.31. The van der Waals surface area contributed by atoms with Crippen LogP contribution in [0.1, 0.15) is 13.8 Å². The molecule has 1 aromatic carbocycles. The number of hydrogen-bond acceptors (Lipinski definition) is 3. The van der Waals surface area contributed by atoms with Crippen LogP contribution in [0.3, 0.4) is 0 Å². The number of carboxylic acids is 1. The van der Waals surface area contributed by atoms with Crippen molar-refractivity contribution in [3.63, 3.8) is 0 Å². The average Bonchev–Trinajstić information content (AvgIpc) is 2.72. The number of anilines is 1. The van der Waals surface area contributed by atoms with Crippen LogP contribution in [0.25, 0.3) is 10.1 Å². The zero-order valence-corrected chi connectivity index (χ0v) is 10.9. The molecule has 0 spiro atoms. The van der Waals surface area contributed by atoms with E-state index in [0.29, 0.717) is 5.69 Å². The van der Waals surface area contributed by atoms with Crippen LogP contribution in [0.15, 0.2) is 29.6 Å². The number of carbonyl (C=O) groups is 2. The quantitative estimate of drug-likeness (QED) is 0.837. The first-order chi connectivity index (χ1) is 8.43. The molecule has 94 valence electrons. The standard InChI is InChI=1S/C13H13NO3S/c1-13(2,12(16)17)11(15)14-9-7-18-10-6-4-3-5-8(9)10/h3-7H,1-2H3,(H,14,15)(H,16,17). The van der Waals surface area contributed by atoms with Gasteiger partial charge in [0, 0.05) is 15.5 Å². The van der Waals surface area contributed by atoms with E-state index in [0.717, 1.165) is 10.1 Å². The molecule has 0 fully saturated rings. The van der Waals surface area contributed by atoms with Crippen molar-refractivity contribution < 1.29 is 14.7 Å². The minimum Gasteiger partial charge on any atom is -0.480 e. The van der Waals surface area contributed by atoms with Crippen LogP contribution in [0.2, 0.25) is 0 Å². The highest BCUT2D eigenvalue weighted by atomic mass is 32.1. The molecule has 2 N–H and O–H groups in total. The molecule has 1 amide bonds. The summed E-state index contributed by atoms with van der Waals surface area (Å²) >= 11 is 1.51. The summed E-state index contributed by atoms with van der Waals surface area (Å²) < 4.78 is 1.06. The van der Waals surface area contributed by atoms with Crippen LogP contribution < -0.4 is 5.32 Å². The third kappa shape index (κ3) is 2.09. The zero-order chi connectivity index (χ0) is 13.3. The predicted octanol–water partition coefficient (Wildman–Crippen LogP) is 2.95. The summed E-state index contributed by atoms with van der Waals surface area (Å²) in [6.45, 7) is 2.78. The maximum Gasteiger partial charge on any atom is 0.318 e. The first-order valence-electron chi connectivity index (χ1n) is 5.44. The number of rotatable bonds is 3. The highest BCUT2D eigenvalue weighted by Gasteiger charge is 2.36. The van der Waals surface area contributed by atoms with Crippen LogP contribution in [0, 0.1) is 5.41 Å². The molecule has 2 rings (SSSR count). The van der Waals surface area contributed by atoms with Gasteiger partial charge in [0.1, 0.15) is 5.41 Å². The van der Waals surface area contributed by atoms with Crippen molar-refractivity contribution in [2.75, 3.05) is 5.32 Å². The van der Waals surface area contributed by atoms with Gasteiger partial charge in [-0.1, -0.05) is 18.2 Å². The maximum absolute atomic E-state index is 11.9. The molecule has 1 heterocycles. The molecule has 1 aromatic heterocycles. The van der Waals surface area contributed by atoms with Gasteiger partial charge in [-0.2, -0.15) is 0 Å². The van der Waals surface area contributed by atoms with E-state index in [1.807, 2.05) is 29.6 Å². The molecule has 0 atom stereocenters. The van der Waals surface area contributed by atoms with E-state index in [9.17, 15) is 9.59 Å². The number of carboxylic acid groups (broad SMARTS) is 1. The first-order valence-corrected chi connectivity index (χ1v) is 6.32. The molecule has 0 aliphatic heterocycles. The Morgan fingerprint density at radius 1 is 1.28 bits per heavy atom. The molecule has 0 aliphatic carbocycles. The SMILES string of the molecule is CC(C)(C(=O)O)C(=O)Nc1csc2ccccc12. The summed E-state index contributed by atoms with van der Waals surface area (Å²) in [4.78, 5) is 22.9. The molecule has 5 heteroatoms. The molecule has 0 aliphatic rings. The molecule has 0 unspecified atom stereocenters. The van der Waals surface area contributed by atoms with Crippen molar-refractivity contribution in [3.8, 4) is 0 Å². The second-order valence-electron chi connectivity index (χ2n) is 4.53. The molecule has 18 heavy (non-hydrogen) atoms. The number of thiophene rings is 1. The lowest BCUT2D eigenvalue weighted by atomic mass is 9.92. The molecule has 4 nitrogen and oxygen atoms in total. The number of hydrogen-bond donors (Lipinski definition) is 2. The molecule has 0 saturated carbocycles. The number of nitrogens with one attached hydrogen (secondary N) is 1. The summed E-state index contributed by atoms with van der Waals surface area (Å²) in [5.74, 6) is -1.65. The summed E-state index contributed by atoms with van der Waals surface area (Å²) in [5, 5.41) is 14.4. The first kappa shape index (κ1) is 12.6. The van der Waals surface area contributed by atoms with Gasteiger partial charge in [-0.05, 0) is 19.9 Å². The second-order valence-corrected chi connectivity index (χ2v) is 5.44. The van der Waals surface area contributed by atoms with Gasteiger partial charge in [0.15, 0.2) is 0 Å². The molecule has 0 bridgehead atoms. The van der Waals surface area contributed by atoms with Crippen LogP contribution >= 0.6 is 11.3 Å². The van der Waals surface area contributed by atoms with Crippen molar-refractivity contribution in [2.24, 2.45) is 5.41 Å². The zero-order valence-electron chi connectivity index (χ0n) is 10.1. The third-order valence-electron chi connectivity index (χ3n) is 2.83. The third-order valence-corrected chi connectivity index (χ3v) is 3.79. The van der Waals surface area contributed by atoms with Gasteiger partial charge >= 0.3 is 5.97 Å². The van der Waals surface area contributed by atoms with Crippen LogP contribution in [0.4, 0.5) is 5.69 Å². The smallest absolute Gasteiger partial charge is 0.318 e. The molecule has 0 radical (unpaired) electrons. The Morgan fingerprint density at radius 2 is 1.94 bits per heavy atom. The lowest BCUT2D eigenvalue weighted by Gasteiger charge is -2.17. The molecule has 0 saturated heterocycles. The fourth-order valence-corrected chi connectivity index (χ4v) is 2.34. The Bertz CT molecular complexity index is 615. The normalized spacial score (nSPS) is 11.4. The minimum atomic E-state index is -1.44. The van der Waals surface area contributed by atoms with E-state index in [4.69, 9.17) is 5.11 Å². The van der Waals surface area contributed by atoms with Crippen LogP contribution in [-0.4, -0.2) is 17.0 Å². The van der Waals surface area contributed by atoms with E-state index in [-0.39, 0.29) is 0 Å². The van der Waals surface area contributed by atoms with Crippen LogP contribution in [-0.2, 0) is 9.59 Å². The van der Waals surface area contributed by atoms with Crippen molar-refractivity contribution in [1.29, 1.82) is 0 Å². The summed E-state index contributed by atoms with van der Waals surface area (Å²) in [7, 11) is 0. The topological polar surface area (TPSA) is 66.4 Å². The fourth-order valence-electron chi connectivity index (χ4n) is 1.45. The van der Waals surface area contributed by atoms with E-state index in [1.165, 1.54) is 25.2 Å². The Balaban J connectivity index is 2.30. The van der Waals surface area contributed by atoms with Crippen LogP contribution in [0.5, 0.6) is 0 Å². The Morgan fingerprint density at radius 3 is 2.61 bits per heavy atom. The van der Waals surface area contributed by atoms with Crippen molar-refractivity contribution in [2.45, 2.75) is 13.8 Å². The maximum atomic E-state index is 11.9. The number of fused-ring (bicyclic) bond motifs is 1. The number of carbonyl (C=O) groups excluding carboxylic acids is 1. The Hall–Kier alpha value is -1.88. The minimum absolute atomic E-state index is 0.515. The van der Waals surface area contributed by atoms with E-state index >= 15 is 0 Å². The van der Waals surface area contributed by atoms with Gasteiger partial charge in [0.25, 0.3) is 0 Å². The molecular formula is C13H13NO3S. The van der Waals surface area contributed by atoms with Crippen molar-refractivity contribution >= 4 is 39.0 Å². The van der Waals surface area contributed by atoms with Gasteiger partial charge in [-0.3, -0.25) is 9.59 Å². The number of benzene rings is 1. The van der Waals surface area contributed by atoms with Crippen molar-refractivity contribution in [1.82, 2.24) is 0 Å². The van der Waals surface area contributed by atoms with Gasteiger partial charge in [0.05, 0.1) is 5.69 Å². The van der Waals surface area contributed by atoms with Gasteiger partial charge < -0.3 is 10.4 Å². The van der Waals surface area contributed by atoms with Crippen molar-refractivity contribution in [3.05, 3.63) is 29.6 Å². The monoisotopic (exact) mass is 263 g/mol. The summed E-state index contributed by atoms with van der Waals surface area (Å²) in [6, 6.07) is 7.66. The van der Waals surface area contributed by atoms with E-state index in [1.54, 1.807) is 0 Å². The molecule has 2 aromatic rings. The Labute approximate surface area is 108 Å². The fraction of sp³-hybridized carbons (Fsp3) is 0.231. The largest absolute Gasteiger partial charge is 0.480 e. The average molecular weight is 263 g/mol. The summed E-state index contributed by atoms with van der Waals surface area (Å²) in [5.41, 5.74) is -0.779. The van der Waals surface area contributed by atoms with E-state index in [2.05, 4.69) is 5.32 Å². The second kappa shape index (κ2) is 4.42. The highest BCUT2D eigenvalue weighted by molar-refractivity contribution is 7.17. The number of aliphatic carboxylic acids is 1.